The second kappa shape index (κ2) is 17.0. The summed E-state index contributed by atoms with van der Waals surface area (Å²) in [5.41, 5.74) is 1.87. The van der Waals surface area contributed by atoms with Crippen LogP contribution in [0.25, 0.3) is 0 Å². The van der Waals surface area contributed by atoms with Gasteiger partial charge in [0.15, 0.2) is 0 Å². The molecule has 1 aliphatic carbocycles. The number of carboxylic acids is 4. The van der Waals surface area contributed by atoms with E-state index in [9.17, 15) is 10.1 Å². The lowest BCUT2D eigenvalue weighted by Gasteiger charge is -2.10. The van der Waals surface area contributed by atoms with E-state index in [2.05, 4.69) is 21.6 Å². The molecule has 194 valence electrons. The van der Waals surface area contributed by atoms with Gasteiger partial charge in [0, 0.05) is 30.9 Å². The highest BCUT2D eigenvalue weighted by Gasteiger charge is 2.20. The number of anilines is 1. The van der Waals surface area contributed by atoms with Crippen molar-refractivity contribution in [3.8, 4) is 6.07 Å². The molecule has 0 bridgehead atoms. The second-order valence-electron chi connectivity index (χ2n) is 7.45. The molecule has 14 heteroatoms. The van der Waals surface area contributed by atoms with Crippen LogP contribution in [0.5, 0.6) is 0 Å². The van der Waals surface area contributed by atoms with Crippen molar-refractivity contribution >= 4 is 46.1 Å². The summed E-state index contributed by atoms with van der Waals surface area (Å²) in [4.78, 5) is 51.9. The Balaban J connectivity index is 0.000000797. The zero-order chi connectivity index (χ0) is 27.0. The van der Waals surface area contributed by atoms with Crippen molar-refractivity contribution in [1.29, 1.82) is 5.26 Å². The van der Waals surface area contributed by atoms with Crippen LogP contribution >= 0.6 is 11.3 Å². The van der Waals surface area contributed by atoms with Gasteiger partial charge in [-0.1, -0.05) is 6.42 Å². The fraction of sp³-hybridized carbons (Fsp3) is 0.524. The van der Waals surface area contributed by atoms with E-state index in [-0.39, 0.29) is 5.91 Å². The van der Waals surface area contributed by atoms with Crippen molar-refractivity contribution in [2.75, 3.05) is 39.0 Å². The molecule has 0 saturated carbocycles. The Morgan fingerprint density at radius 1 is 0.914 bits per heavy atom. The Hall–Kier alpha value is -3.54. The van der Waals surface area contributed by atoms with Crippen LogP contribution in [-0.2, 0) is 36.8 Å². The maximum Gasteiger partial charge on any atom is 0.414 e. The van der Waals surface area contributed by atoms with Gasteiger partial charge >= 0.3 is 23.9 Å². The summed E-state index contributed by atoms with van der Waals surface area (Å²) >= 11 is 1.59. The lowest BCUT2D eigenvalue weighted by atomic mass is 10.1. The van der Waals surface area contributed by atoms with Gasteiger partial charge in [-0.15, -0.1) is 11.3 Å². The molecule has 0 saturated heterocycles. The van der Waals surface area contributed by atoms with Gasteiger partial charge in [0.25, 0.3) is 0 Å². The molecule has 6 N–H and O–H groups in total. The molecule has 1 aromatic heterocycles. The van der Waals surface area contributed by atoms with E-state index in [0.29, 0.717) is 18.5 Å². The topological polar surface area (TPSA) is 217 Å². The minimum absolute atomic E-state index is 0.0183. The van der Waals surface area contributed by atoms with Crippen molar-refractivity contribution in [3.63, 3.8) is 0 Å². The fourth-order valence-corrected chi connectivity index (χ4v) is 4.02. The number of likely N-dealkylation sites (N-methyl/N-ethyl adjacent to an activating group) is 1. The molecule has 0 aromatic carbocycles. The van der Waals surface area contributed by atoms with E-state index >= 15 is 0 Å². The minimum atomic E-state index is -1.82. The quantitative estimate of drug-likeness (QED) is 0.168. The molecule has 0 radical (unpaired) electrons. The second-order valence-corrected chi connectivity index (χ2v) is 8.56. The first-order valence-corrected chi connectivity index (χ1v) is 11.3. The van der Waals surface area contributed by atoms with Gasteiger partial charge in [0.2, 0.25) is 5.91 Å². The number of aryl methyl sites for hydroxylation is 1. The van der Waals surface area contributed by atoms with Gasteiger partial charge < -0.3 is 36.0 Å². The standard InChI is InChI=1S/C17H26N4OS.2C2H2O4/c1-21(2)11-10-19-9-8-16(22)20-17-14(12-18)13-6-4-3-5-7-15(13)23-17;2*3-1(4)2(5)6/h19H,3-11H2,1-2H3,(H,20,22);2*(H,3,4)(H,5,6). The number of nitriles is 1. The van der Waals surface area contributed by atoms with Crippen molar-refractivity contribution in [2.45, 2.75) is 38.5 Å². The summed E-state index contributed by atoms with van der Waals surface area (Å²) in [6, 6.07) is 2.30. The van der Waals surface area contributed by atoms with Crippen LogP contribution in [0.2, 0.25) is 0 Å². The van der Waals surface area contributed by atoms with E-state index in [1.807, 2.05) is 14.1 Å². The number of nitrogens with zero attached hydrogens (tertiary/aromatic N) is 2. The molecular weight excluding hydrogens is 484 g/mol. The molecule has 0 aliphatic heterocycles. The van der Waals surface area contributed by atoms with Crippen LogP contribution in [-0.4, -0.2) is 88.8 Å². The highest BCUT2D eigenvalue weighted by atomic mass is 32.1. The molecule has 1 aliphatic rings. The SMILES string of the molecule is CN(C)CCNCCC(=O)Nc1sc2c(c1C#N)CCCCC2.O=C(O)C(=O)O.O=C(O)C(=O)O. The summed E-state index contributed by atoms with van der Waals surface area (Å²) < 4.78 is 0. The highest BCUT2D eigenvalue weighted by Crippen LogP contribution is 2.36. The van der Waals surface area contributed by atoms with Gasteiger partial charge in [-0.3, -0.25) is 4.79 Å². The molecule has 2 rings (SSSR count). The van der Waals surface area contributed by atoms with Gasteiger partial charge in [-0.2, -0.15) is 5.26 Å². The third-order valence-corrected chi connectivity index (χ3v) is 5.62. The van der Waals surface area contributed by atoms with Crippen molar-refractivity contribution in [2.24, 2.45) is 0 Å². The number of hydrogen-bond acceptors (Lipinski definition) is 9. The van der Waals surface area contributed by atoms with Gasteiger partial charge in [0.05, 0.1) is 5.56 Å². The Bertz CT molecular complexity index is 890. The van der Waals surface area contributed by atoms with E-state index in [1.165, 1.54) is 23.3 Å². The predicted octanol–water partition coefficient (Wildman–Crippen LogP) is 0.680. The summed E-state index contributed by atoms with van der Waals surface area (Å²) in [5, 5.41) is 46.0. The smallest absolute Gasteiger partial charge is 0.414 e. The van der Waals surface area contributed by atoms with Gasteiger partial charge in [-0.25, -0.2) is 19.2 Å². The normalized spacial score (nSPS) is 11.8. The van der Waals surface area contributed by atoms with Crippen LogP contribution in [0, 0.1) is 11.3 Å². The molecule has 35 heavy (non-hydrogen) atoms. The average Bonchev–Trinajstić information content (AvgIpc) is 2.92. The van der Waals surface area contributed by atoms with Crippen LogP contribution < -0.4 is 10.6 Å². The molecule has 0 unspecified atom stereocenters. The maximum atomic E-state index is 12.1. The lowest BCUT2D eigenvalue weighted by molar-refractivity contribution is -0.159. The Morgan fingerprint density at radius 3 is 1.94 bits per heavy atom. The van der Waals surface area contributed by atoms with Crippen LogP contribution in [0.3, 0.4) is 0 Å². The lowest BCUT2D eigenvalue weighted by Crippen LogP contribution is -2.29. The summed E-state index contributed by atoms with van der Waals surface area (Å²) in [7, 11) is 4.05. The maximum absolute atomic E-state index is 12.1. The largest absolute Gasteiger partial charge is 0.473 e. The first-order chi connectivity index (χ1) is 16.4. The zero-order valence-corrected chi connectivity index (χ0v) is 20.3. The first-order valence-electron chi connectivity index (χ1n) is 10.5. The Labute approximate surface area is 206 Å². The third kappa shape index (κ3) is 13.7. The van der Waals surface area contributed by atoms with Crippen LogP contribution in [0.1, 0.15) is 41.7 Å². The zero-order valence-electron chi connectivity index (χ0n) is 19.5. The number of hydrogen-bond donors (Lipinski definition) is 6. The summed E-state index contributed by atoms with van der Waals surface area (Å²) in [6.45, 7) is 2.49. The molecule has 1 amide bonds. The number of rotatable bonds is 7. The van der Waals surface area contributed by atoms with Crippen LogP contribution in [0.4, 0.5) is 5.00 Å². The van der Waals surface area contributed by atoms with Crippen molar-refractivity contribution < 1.29 is 44.4 Å². The van der Waals surface area contributed by atoms with Gasteiger partial charge in [-0.05, 0) is 45.3 Å². The molecule has 1 heterocycles. The van der Waals surface area contributed by atoms with E-state index in [4.69, 9.17) is 39.6 Å². The monoisotopic (exact) mass is 514 g/mol. The molecule has 0 atom stereocenters. The predicted molar refractivity (Wildman–Crippen MR) is 126 cm³/mol. The number of fused-ring (bicyclic) bond motifs is 1. The molecule has 0 spiro atoms. The summed E-state index contributed by atoms with van der Waals surface area (Å²) in [6.07, 6.45) is 5.99. The highest BCUT2D eigenvalue weighted by molar-refractivity contribution is 7.16. The third-order valence-electron chi connectivity index (χ3n) is 4.42. The number of carbonyl (C=O) groups excluding carboxylic acids is 1. The number of carbonyl (C=O) groups is 5. The molecular formula is C21H30N4O9S. The number of carboxylic acid groups (broad SMARTS) is 4. The molecule has 0 fully saturated rings. The van der Waals surface area contributed by atoms with Crippen molar-refractivity contribution in [1.82, 2.24) is 10.2 Å². The minimum Gasteiger partial charge on any atom is -0.473 e. The summed E-state index contributed by atoms with van der Waals surface area (Å²) in [5.74, 6) is -7.31. The van der Waals surface area contributed by atoms with E-state index in [0.717, 1.165) is 37.4 Å². The Kier molecular flexibility index (Phi) is 15.3. The van der Waals surface area contributed by atoms with Crippen molar-refractivity contribution in [3.05, 3.63) is 16.0 Å². The Morgan fingerprint density at radius 2 is 1.46 bits per heavy atom. The first kappa shape index (κ1) is 31.5. The van der Waals surface area contributed by atoms with E-state index in [1.54, 1.807) is 11.3 Å². The fourth-order valence-electron chi connectivity index (χ4n) is 2.77. The van der Waals surface area contributed by atoms with E-state index < -0.39 is 23.9 Å². The number of thiophene rings is 1. The van der Waals surface area contributed by atoms with Crippen LogP contribution in [0.15, 0.2) is 0 Å². The van der Waals surface area contributed by atoms with Gasteiger partial charge in [0.1, 0.15) is 11.1 Å². The number of aliphatic carboxylic acids is 4. The average molecular weight is 515 g/mol. The number of nitrogens with one attached hydrogen (secondary N) is 2. The molecule has 13 nitrogen and oxygen atoms in total. The molecule has 1 aromatic rings. The number of amides is 1.